The van der Waals surface area contributed by atoms with Crippen molar-refractivity contribution in [1.29, 1.82) is 0 Å². The highest BCUT2D eigenvalue weighted by Gasteiger charge is 2.12. The molecule has 0 atom stereocenters. The van der Waals surface area contributed by atoms with Crippen LogP contribution in [0.2, 0.25) is 0 Å². The number of aryl methyl sites for hydroxylation is 2. The fraction of sp³-hybridized carbons (Fsp3) is 0.143. The lowest BCUT2D eigenvalue weighted by Crippen LogP contribution is -2.07. The van der Waals surface area contributed by atoms with E-state index in [1.54, 1.807) is 13.2 Å². The highest BCUT2D eigenvalue weighted by molar-refractivity contribution is 7.16. The molecule has 0 unspecified atom stereocenters. The Bertz CT molecular complexity index is 1300. The highest BCUT2D eigenvalue weighted by atomic mass is 32.1. The Morgan fingerprint density at radius 1 is 1.03 bits per heavy atom. The normalized spacial score (nSPS) is 10.9. The molecule has 4 aromatic rings. The third-order valence-corrected chi connectivity index (χ3v) is 6.14. The Balaban J connectivity index is 1.35. The van der Waals surface area contributed by atoms with E-state index < -0.39 is 0 Å². The molecule has 0 aliphatic rings. The van der Waals surface area contributed by atoms with E-state index in [9.17, 15) is 4.79 Å². The minimum atomic E-state index is -0.226. The Hall–Kier alpha value is -3.90. The lowest BCUT2D eigenvalue weighted by molar-refractivity contribution is -0.111. The zero-order valence-corrected chi connectivity index (χ0v) is 20.2. The number of rotatable bonds is 8. The van der Waals surface area contributed by atoms with Gasteiger partial charge in [-0.1, -0.05) is 42.5 Å². The number of aromatic nitrogens is 1. The summed E-state index contributed by atoms with van der Waals surface area (Å²) in [6, 6.07) is 23.6. The number of carbonyl (C=O) groups excluding carboxylic acids is 1. The van der Waals surface area contributed by atoms with E-state index in [4.69, 9.17) is 9.47 Å². The summed E-state index contributed by atoms with van der Waals surface area (Å²) in [6.45, 7) is 4.52. The number of hydrogen-bond acceptors (Lipinski definition) is 5. The van der Waals surface area contributed by atoms with Gasteiger partial charge in [-0.05, 0) is 66.9 Å². The molecule has 0 saturated heterocycles. The van der Waals surface area contributed by atoms with Gasteiger partial charge in [0.1, 0.15) is 18.1 Å². The fourth-order valence-corrected chi connectivity index (χ4v) is 4.32. The van der Waals surface area contributed by atoms with Gasteiger partial charge in [-0.2, -0.15) is 0 Å². The first-order valence-corrected chi connectivity index (χ1v) is 11.7. The summed E-state index contributed by atoms with van der Waals surface area (Å²) in [6.07, 6.45) is 3.28. The maximum atomic E-state index is 12.4. The van der Waals surface area contributed by atoms with Crippen LogP contribution in [-0.2, 0) is 11.4 Å². The van der Waals surface area contributed by atoms with E-state index in [2.05, 4.69) is 10.3 Å². The molecule has 1 aromatic heterocycles. The molecular formula is C28H26N2O3S. The molecular weight excluding hydrogens is 444 g/mol. The molecule has 0 fully saturated rings. The molecule has 5 nitrogen and oxygen atoms in total. The SMILES string of the molecule is COc1ccc(-c2nc(NC(=O)/C=C/c3ccc(OCc4ccccc4)cc3)sc2C)cc1C. The van der Waals surface area contributed by atoms with Crippen LogP contribution in [0, 0.1) is 13.8 Å². The first-order valence-electron chi connectivity index (χ1n) is 10.9. The number of amides is 1. The summed E-state index contributed by atoms with van der Waals surface area (Å²) in [7, 11) is 1.66. The van der Waals surface area contributed by atoms with Crippen LogP contribution in [0.4, 0.5) is 5.13 Å². The predicted octanol–water partition coefficient (Wildman–Crippen LogP) is 6.67. The Labute approximate surface area is 203 Å². The smallest absolute Gasteiger partial charge is 0.250 e. The second-order valence-corrected chi connectivity index (χ2v) is 8.98. The van der Waals surface area contributed by atoms with Gasteiger partial charge in [0, 0.05) is 16.5 Å². The molecule has 4 rings (SSSR count). The van der Waals surface area contributed by atoms with Crippen molar-refractivity contribution in [2.75, 3.05) is 12.4 Å². The van der Waals surface area contributed by atoms with E-state index >= 15 is 0 Å². The van der Waals surface area contributed by atoms with Crippen LogP contribution in [0.15, 0.2) is 78.9 Å². The van der Waals surface area contributed by atoms with Gasteiger partial charge in [0.25, 0.3) is 0 Å². The number of thiazole rings is 1. The first kappa shape index (κ1) is 23.3. The second kappa shape index (κ2) is 10.8. The predicted molar refractivity (Wildman–Crippen MR) is 138 cm³/mol. The van der Waals surface area contributed by atoms with Crippen molar-refractivity contribution in [3.63, 3.8) is 0 Å². The zero-order valence-electron chi connectivity index (χ0n) is 19.4. The number of ether oxygens (including phenoxy) is 2. The quantitative estimate of drug-likeness (QED) is 0.292. The van der Waals surface area contributed by atoms with Gasteiger partial charge < -0.3 is 9.47 Å². The Morgan fingerprint density at radius 2 is 1.79 bits per heavy atom. The van der Waals surface area contributed by atoms with Crippen molar-refractivity contribution in [2.24, 2.45) is 0 Å². The maximum absolute atomic E-state index is 12.4. The molecule has 3 aromatic carbocycles. The molecule has 1 heterocycles. The van der Waals surface area contributed by atoms with Crippen LogP contribution in [0.1, 0.15) is 21.6 Å². The van der Waals surface area contributed by atoms with Gasteiger partial charge >= 0.3 is 0 Å². The zero-order chi connectivity index (χ0) is 23.9. The fourth-order valence-electron chi connectivity index (χ4n) is 3.48. The van der Waals surface area contributed by atoms with Crippen molar-refractivity contribution in [2.45, 2.75) is 20.5 Å². The molecule has 0 bridgehead atoms. The van der Waals surface area contributed by atoms with Crippen LogP contribution in [0.5, 0.6) is 11.5 Å². The molecule has 1 N–H and O–H groups in total. The van der Waals surface area contributed by atoms with Crippen molar-refractivity contribution in [3.8, 4) is 22.8 Å². The average molecular weight is 471 g/mol. The molecule has 0 radical (unpaired) electrons. The third kappa shape index (κ3) is 5.91. The minimum Gasteiger partial charge on any atom is -0.496 e. The average Bonchev–Trinajstić information content (AvgIpc) is 3.22. The molecule has 1 amide bonds. The van der Waals surface area contributed by atoms with Crippen LogP contribution >= 0.6 is 11.3 Å². The molecule has 0 saturated carbocycles. The van der Waals surface area contributed by atoms with Crippen LogP contribution in [-0.4, -0.2) is 18.0 Å². The molecule has 34 heavy (non-hydrogen) atoms. The largest absolute Gasteiger partial charge is 0.496 e. The van der Waals surface area contributed by atoms with E-state index in [1.165, 1.54) is 17.4 Å². The minimum absolute atomic E-state index is 0.226. The van der Waals surface area contributed by atoms with Crippen LogP contribution in [0.3, 0.4) is 0 Å². The molecule has 0 aliphatic carbocycles. The lowest BCUT2D eigenvalue weighted by Gasteiger charge is -2.06. The summed E-state index contributed by atoms with van der Waals surface area (Å²) in [5.74, 6) is 1.40. The lowest BCUT2D eigenvalue weighted by atomic mass is 10.1. The number of nitrogens with one attached hydrogen (secondary N) is 1. The summed E-state index contributed by atoms with van der Waals surface area (Å²) >= 11 is 1.46. The van der Waals surface area contributed by atoms with Gasteiger partial charge in [-0.3, -0.25) is 10.1 Å². The van der Waals surface area contributed by atoms with E-state index in [1.807, 2.05) is 86.6 Å². The third-order valence-electron chi connectivity index (χ3n) is 5.25. The summed E-state index contributed by atoms with van der Waals surface area (Å²) in [5.41, 5.74) is 4.92. The van der Waals surface area contributed by atoms with E-state index in [-0.39, 0.29) is 5.91 Å². The Morgan fingerprint density at radius 3 is 2.50 bits per heavy atom. The number of methoxy groups -OCH3 is 1. The molecule has 6 heteroatoms. The number of nitrogens with zero attached hydrogens (tertiary/aromatic N) is 1. The van der Waals surface area contributed by atoms with Crippen molar-refractivity contribution < 1.29 is 14.3 Å². The molecule has 0 aliphatic heterocycles. The highest BCUT2D eigenvalue weighted by Crippen LogP contribution is 2.32. The van der Waals surface area contributed by atoms with Gasteiger partial charge in [0.2, 0.25) is 5.91 Å². The number of benzene rings is 3. The van der Waals surface area contributed by atoms with Crippen LogP contribution < -0.4 is 14.8 Å². The van der Waals surface area contributed by atoms with Gasteiger partial charge in [0.15, 0.2) is 5.13 Å². The molecule has 172 valence electrons. The van der Waals surface area contributed by atoms with Crippen molar-refractivity contribution >= 4 is 28.5 Å². The van der Waals surface area contributed by atoms with E-state index in [0.717, 1.165) is 44.3 Å². The number of anilines is 1. The van der Waals surface area contributed by atoms with Gasteiger partial charge in [0.05, 0.1) is 12.8 Å². The summed E-state index contributed by atoms with van der Waals surface area (Å²) < 4.78 is 11.1. The van der Waals surface area contributed by atoms with E-state index in [0.29, 0.717) is 11.7 Å². The number of carbonyl (C=O) groups is 1. The maximum Gasteiger partial charge on any atom is 0.250 e. The van der Waals surface area contributed by atoms with Gasteiger partial charge in [-0.15, -0.1) is 11.3 Å². The van der Waals surface area contributed by atoms with Crippen LogP contribution in [0.25, 0.3) is 17.3 Å². The summed E-state index contributed by atoms with van der Waals surface area (Å²) in [5, 5.41) is 3.43. The monoisotopic (exact) mass is 470 g/mol. The van der Waals surface area contributed by atoms with Crippen molar-refractivity contribution in [1.82, 2.24) is 4.98 Å². The molecule has 0 spiro atoms. The standard InChI is InChI=1S/C28H26N2O3S/c1-19-17-23(12-15-25(19)32-3)27-20(2)34-28(30-27)29-26(31)16-11-21-9-13-24(14-10-21)33-18-22-7-5-4-6-8-22/h4-17H,18H2,1-3H3,(H,29,30,31)/b16-11+. The van der Waals surface area contributed by atoms with Crippen molar-refractivity contribution in [3.05, 3.63) is 100 Å². The summed E-state index contributed by atoms with van der Waals surface area (Å²) in [4.78, 5) is 18.1. The number of hydrogen-bond donors (Lipinski definition) is 1. The first-order chi connectivity index (χ1) is 16.5. The second-order valence-electron chi connectivity index (χ2n) is 7.77. The van der Waals surface area contributed by atoms with Gasteiger partial charge in [-0.25, -0.2) is 4.98 Å². The Kier molecular flexibility index (Phi) is 7.40. The topological polar surface area (TPSA) is 60.5 Å².